The van der Waals surface area contributed by atoms with Gasteiger partial charge in [0.1, 0.15) is 41.3 Å². The lowest BCUT2D eigenvalue weighted by Crippen LogP contribution is -2.54. The molecule has 1 aromatic heterocycles. The van der Waals surface area contributed by atoms with E-state index in [-0.39, 0.29) is 90.9 Å². The Morgan fingerprint density at radius 2 is 1.44 bits per heavy atom. The largest absolute Gasteiger partial charge is 0.454 e. The SMILES string of the molecule is NC(=O)c1c(-c2ccc(Oc3ccc(F)cc3F)cc2)nn([C@@H]2CCCN(C(=O)COCCOCCOCCOCCOCCOCCNc3cccc4c3C(=O)N(C3CCC(=O)NC3=O)C4=O)C2)c1N. The first-order chi connectivity index (χ1) is 34.4. The highest BCUT2D eigenvalue weighted by Gasteiger charge is 2.45. The number of ether oxygens (including phenoxy) is 7. The van der Waals surface area contributed by atoms with E-state index in [2.05, 4.69) is 15.7 Å². The molecule has 2 fully saturated rings. The Balaban J connectivity index is 0.688. The Labute approximate surface area is 406 Å². The van der Waals surface area contributed by atoms with Gasteiger partial charge in [-0.2, -0.15) is 5.10 Å². The lowest BCUT2D eigenvalue weighted by Gasteiger charge is -2.33. The minimum absolute atomic E-state index is 0.0282. The number of nitrogens with two attached hydrogens (primary N) is 2. The van der Waals surface area contributed by atoms with Crippen LogP contribution in [0.2, 0.25) is 0 Å². The predicted molar refractivity (Wildman–Crippen MR) is 248 cm³/mol. The third-order valence-electron chi connectivity index (χ3n) is 11.7. The van der Waals surface area contributed by atoms with Crippen LogP contribution in [0.15, 0.2) is 60.7 Å². The highest BCUT2D eigenvalue weighted by atomic mass is 19.1. The maximum Gasteiger partial charge on any atom is 0.264 e. The number of imide groups is 2. The second-order valence-corrected chi connectivity index (χ2v) is 16.5. The predicted octanol–water partition coefficient (Wildman–Crippen LogP) is 3.08. The minimum Gasteiger partial charge on any atom is -0.454 e. The van der Waals surface area contributed by atoms with Crippen LogP contribution in [0.4, 0.5) is 20.3 Å². The molecule has 4 heterocycles. The molecule has 2 atom stereocenters. The summed E-state index contributed by atoms with van der Waals surface area (Å²) < 4.78 is 67.8. The molecular formula is C48H56F2N8O13. The first-order valence-electron chi connectivity index (χ1n) is 23.1. The molecule has 3 aromatic carbocycles. The van der Waals surface area contributed by atoms with E-state index in [1.807, 2.05) is 0 Å². The number of halogens is 2. The van der Waals surface area contributed by atoms with Gasteiger partial charge in [-0.3, -0.25) is 39.0 Å². The molecule has 23 heteroatoms. The van der Waals surface area contributed by atoms with Crippen LogP contribution in [0, 0.1) is 11.6 Å². The van der Waals surface area contributed by atoms with Crippen molar-refractivity contribution < 1.29 is 70.7 Å². The highest BCUT2D eigenvalue weighted by molar-refractivity contribution is 6.25. The molecule has 71 heavy (non-hydrogen) atoms. The zero-order chi connectivity index (χ0) is 50.3. The van der Waals surface area contributed by atoms with Crippen LogP contribution >= 0.6 is 0 Å². The molecule has 0 spiro atoms. The number of rotatable bonds is 27. The van der Waals surface area contributed by atoms with Gasteiger partial charge in [-0.25, -0.2) is 13.5 Å². The van der Waals surface area contributed by atoms with E-state index in [1.54, 1.807) is 41.3 Å². The van der Waals surface area contributed by atoms with Gasteiger partial charge in [0.2, 0.25) is 17.7 Å². The standard InChI is InChI=1S/C48H56F2N8O13/c49-31-8-12-38(35(50)27-31)71-33-9-6-30(7-10-33)43-42(45(52)61)44(51)58(55-43)32-3-2-15-56(28-32)40(60)29-70-26-25-69-24-23-68-22-21-67-20-19-66-18-17-65-16-14-53-36-5-1-4-34-41(36)48(64)57(47(34)63)37-11-13-39(59)54-46(37)62/h1,4-10,12,27,32,37,53H,2-3,11,13-26,28-29,51H2,(H2,52,61)(H,54,59,62)/t32-,37?/m1/s1. The zero-order valence-electron chi connectivity index (χ0n) is 38.9. The number of carbonyl (C=O) groups excluding carboxylic acids is 6. The fourth-order valence-electron chi connectivity index (χ4n) is 8.19. The summed E-state index contributed by atoms with van der Waals surface area (Å²) in [5, 5.41) is 9.96. The topological polar surface area (TPSA) is 267 Å². The summed E-state index contributed by atoms with van der Waals surface area (Å²) in [5.41, 5.74) is 13.8. The summed E-state index contributed by atoms with van der Waals surface area (Å²) in [7, 11) is 0. The van der Waals surface area contributed by atoms with Crippen molar-refractivity contribution in [3.63, 3.8) is 0 Å². The number of anilines is 2. The molecule has 380 valence electrons. The maximum atomic E-state index is 14.1. The lowest BCUT2D eigenvalue weighted by atomic mass is 10.0. The molecule has 1 unspecified atom stereocenters. The first kappa shape index (κ1) is 51.9. The third-order valence-corrected chi connectivity index (χ3v) is 11.7. The van der Waals surface area contributed by atoms with Crippen LogP contribution < -0.4 is 26.8 Å². The Morgan fingerprint density at radius 3 is 2.07 bits per heavy atom. The molecule has 21 nitrogen and oxygen atoms in total. The summed E-state index contributed by atoms with van der Waals surface area (Å²) in [4.78, 5) is 78.3. The van der Waals surface area contributed by atoms with E-state index < -0.39 is 47.2 Å². The van der Waals surface area contributed by atoms with Gasteiger partial charge in [0.05, 0.1) is 89.8 Å². The molecule has 3 aliphatic heterocycles. The van der Waals surface area contributed by atoms with Crippen molar-refractivity contribution in [2.45, 2.75) is 37.8 Å². The number of carbonyl (C=O) groups is 6. The van der Waals surface area contributed by atoms with Crippen molar-refractivity contribution in [2.24, 2.45) is 5.73 Å². The normalized spacial score (nSPS) is 16.9. The monoisotopic (exact) mass is 990 g/mol. The van der Waals surface area contributed by atoms with Crippen molar-refractivity contribution in [1.29, 1.82) is 0 Å². The van der Waals surface area contributed by atoms with Crippen LogP contribution in [-0.4, -0.2) is 160 Å². The van der Waals surface area contributed by atoms with Crippen molar-refractivity contribution in [3.05, 3.63) is 89.0 Å². The summed E-state index contributed by atoms with van der Waals surface area (Å²) in [5.74, 6) is -4.65. The van der Waals surface area contributed by atoms with Crippen LogP contribution in [0.25, 0.3) is 11.3 Å². The number of nitrogens with one attached hydrogen (secondary N) is 2. The summed E-state index contributed by atoms with van der Waals surface area (Å²) >= 11 is 0. The van der Waals surface area contributed by atoms with Gasteiger partial charge in [0.15, 0.2) is 11.6 Å². The van der Waals surface area contributed by atoms with Gasteiger partial charge in [0, 0.05) is 43.4 Å². The van der Waals surface area contributed by atoms with Crippen molar-refractivity contribution >= 4 is 46.9 Å². The number of aromatic nitrogens is 2. The summed E-state index contributed by atoms with van der Waals surface area (Å²) in [6.07, 6.45) is 1.44. The second kappa shape index (κ2) is 25.3. The first-order valence-corrected chi connectivity index (χ1v) is 23.1. The van der Waals surface area contributed by atoms with Gasteiger partial charge < -0.3 is 54.8 Å². The number of nitrogen functional groups attached to an aromatic ring is 1. The van der Waals surface area contributed by atoms with E-state index in [4.69, 9.17) is 44.6 Å². The summed E-state index contributed by atoms with van der Waals surface area (Å²) in [6.45, 7) is 4.57. The Morgan fingerprint density at radius 1 is 0.789 bits per heavy atom. The van der Waals surface area contributed by atoms with E-state index in [9.17, 15) is 37.5 Å². The van der Waals surface area contributed by atoms with E-state index in [0.29, 0.717) is 96.6 Å². The number of fused-ring (bicyclic) bond motifs is 1. The number of piperidine rings is 2. The van der Waals surface area contributed by atoms with E-state index in [0.717, 1.165) is 17.0 Å². The van der Waals surface area contributed by atoms with E-state index >= 15 is 0 Å². The van der Waals surface area contributed by atoms with Gasteiger partial charge in [-0.1, -0.05) is 6.07 Å². The molecule has 0 saturated carbocycles. The smallest absolute Gasteiger partial charge is 0.264 e. The van der Waals surface area contributed by atoms with Crippen molar-refractivity contribution in [2.75, 3.05) is 110 Å². The second-order valence-electron chi connectivity index (χ2n) is 16.5. The van der Waals surface area contributed by atoms with Crippen LogP contribution in [-0.2, 0) is 42.8 Å². The maximum absolute atomic E-state index is 14.1. The summed E-state index contributed by atoms with van der Waals surface area (Å²) in [6, 6.07) is 12.8. The minimum atomic E-state index is -1.04. The molecule has 0 aliphatic carbocycles. The molecule has 0 radical (unpaired) electrons. The fraction of sp³-hybridized carbons (Fsp3) is 0.438. The van der Waals surface area contributed by atoms with Gasteiger partial charge >= 0.3 is 0 Å². The number of primary amides is 1. The fourth-order valence-corrected chi connectivity index (χ4v) is 8.19. The zero-order valence-corrected chi connectivity index (χ0v) is 38.9. The van der Waals surface area contributed by atoms with Gasteiger partial charge in [-0.05, 0) is 67.8 Å². The van der Waals surface area contributed by atoms with E-state index in [1.165, 1.54) is 16.8 Å². The molecule has 7 rings (SSSR count). The molecule has 0 bridgehead atoms. The van der Waals surface area contributed by atoms with Crippen molar-refractivity contribution in [3.8, 4) is 22.8 Å². The van der Waals surface area contributed by atoms with Crippen LogP contribution in [0.1, 0.15) is 62.8 Å². The van der Waals surface area contributed by atoms with Crippen molar-refractivity contribution in [1.82, 2.24) is 24.9 Å². The molecule has 6 N–H and O–H groups in total. The Bertz CT molecular complexity index is 2550. The Hall–Kier alpha value is -6.89. The number of benzene rings is 3. The average Bonchev–Trinajstić information content (AvgIpc) is 3.84. The number of likely N-dealkylation sites (tertiary alicyclic amines) is 1. The number of hydrogen-bond acceptors (Lipinski definition) is 16. The van der Waals surface area contributed by atoms with Gasteiger partial charge in [0.25, 0.3) is 17.7 Å². The average molecular weight is 991 g/mol. The Kier molecular flexibility index (Phi) is 18.5. The number of amides is 6. The molecule has 4 aromatic rings. The quantitative estimate of drug-likeness (QED) is 0.0494. The lowest BCUT2D eigenvalue weighted by molar-refractivity contribution is -0.138. The number of hydrogen-bond donors (Lipinski definition) is 4. The van der Waals surface area contributed by atoms with Gasteiger partial charge in [-0.15, -0.1) is 0 Å². The molecule has 3 aliphatic rings. The molecular weight excluding hydrogens is 935 g/mol. The number of nitrogens with zero attached hydrogens (tertiary/aromatic N) is 4. The molecule has 6 amide bonds. The van der Waals surface area contributed by atoms with Crippen LogP contribution in [0.5, 0.6) is 11.5 Å². The highest BCUT2D eigenvalue weighted by Crippen LogP contribution is 2.35. The molecule has 2 saturated heterocycles. The third kappa shape index (κ3) is 13.5. The van der Waals surface area contributed by atoms with Crippen LogP contribution in [0.3, 0.4) is 0 Å².